The van der Waals surface area contributed by atoms with Gasteiger partial charge < -0.3 is 0 Å². The Morgan fingerprint density at radius 3 is 1.14 bits per heavy atom. The second-order valence-corrected chi connectivity index (χ2v) is 10.8. The molecule has 0 saturated heterocycles. The summed E-state index contributed by atoms with van der Waals surface area (Å²) in [6.07, 6.45) is 21.1. The minimum atomic E-state index is -0.562. The molecule has 0 aromatic carbocycles. The first-order valence-corrected chi connectivity index (χ1v) is 11.9. The van der Waals surface area contributed by atoms with E-state index in [2.05, 4.69) is 43.1 Å². The van der Waals surface area contributed by atoms with E-state index in [9.17, 15) is 0 Å². The van der Waals surface area contributed by atoms with Gasteiger partial charge >= 0.3 is 0 Å². The van der Waals surface area contributed by atoms with Crippen LogP contribution in [0, 0.1) is 0 Å². The number of hydrogen-bond acceptors (Lipinski definition) is 2. The van der Waals surface area contributed by atoms with Crippen molar-refractivity contribution < 1.29 is 0 Å². The molecule has 1 rings (SSSR count). The van der Waals surface area contributed by atoms with Gasteiger partial charge in [-0.1, -0.05) is 53.4 Å². The minimum absolute atomic E-state index is 0.562. The lowest BCUT2D eigenvalue weighted by atomic mass is 10.4. The van der Waals surface area contributed by atoms with Crippen LogP contribution in [0.25, 0.3) is 0 Å². The first-order valence-electron chi connectivity index (χ1n) is 9.39. The van der Waals surface area contributed by atoms with Gasteiger partial charge in [-0.25, -0.2) is 0 Å². The Hall–Kier alpha value is -0.430. The third-order valence-corrected chi connectivity index (χ3v) is 9.33. The molecule has 0 aliphatic rings. The lowest BCUT2D eigenvalue weighted by Gasteiger charge is -2.28. The molecule has 0 bridgehead atoms. The van der Waals surface area contributed by atoms with Crippen LogP contribution >= 0.6 is 7.26 Å². The Balaban J connectivity index is 0.000000734. The first kappa shape index (κ1) is 21.6. The van der Waals surface area contributed by atoms with Gasteiger partial charge in [0.1, 0.15) is 0 Å². The number of rotatable bonds is 12. The third-order valence-electron chi connectivity index (χ3n) is 4.28. The van der Waals surface area contributed by atoms with Gasteiger partial charge in [-0.3, -0.25) is 0 Å². The maximum absolute atomic E-state index is 3.49. The predicted molar refractivity (Wildman–Crippen MR) is 102 cm³/mol. The summed E-state index contributed by atoms with van der Waals surface area (Å²) in [5.41, 5.74) is 0. The van der Waals surface area contributed by atoms with Crippen molar-refractivity contribution in [2.24, 2.45) is 0 Å². The highest BCUT2D eigenvalue weighted by molar-refractivity contribution is 7.75. The van der Waals surface area contributed by atoms with Gasteiger partial charge in [-0.2, -0.15) is 15.4 Å². The van der Waals surface area contributed by atoms with E-state index in [4.69, 9.17) is 0 Å². The maximum atomic E-state index is 3.49. The van der Waals surface area contributed by atoms with E-state index in [0.717, 1.165) is 0 Å². The lowest BCUT2D eigenvalue weighted by molar-refractivity contribution is 0.814. The fourth-order valence-electron chi connectivity index (χ4n) is 2.81. The minimum Gasteiger partial charge on any atom is -0.198 e. The van der Waals surface area contributed by atoms with Crippen LogP contribution in [0.3, 0.4) is 0 Å². The van der Waals surface area contributed by atoms with E-state index in [0.29, 0.717) is 0 Å². The first-order chi connectivity index (χ1) is 10.7. The van der Waals surface area contributed by atoms with Gasteiger partial charge in [0.2, 0.25) is 0 Å². The van der Waals surface area contributed by atoms with Crippen molar-refractivity contribution in [1.82, 2.24) is 15.4 Å². The number of aromatic amines is 1. The number of nitrogens with zero attached hydrogens (tertiary/aromatic N) is 2. The standard InChI is InChI=1S/C16H36P.C2H3N3/c1-5-9-13-17(14-10-6-2,15-11-7-3)16-12-8-4;1-2-4-5-3-1/h5-16H2,1-4H3;1-2H,(H,3,4,5)/q+1;. The van der Waals surface area contributed by atoms with E-state index >= 15 is 0 Å². The van der Waals surface area contributed by atoms with Crippen LogP contribution in [0.1, 0.15) is 79.1 Å². The fourth-order valence-corrected chi connectivity index (χ4v) is 8.10. The predicted octanol–water partition coefficient (Wildman–Crippen LogP) is 6.01. The molecule has 0 radical (unpaired) electrons. The molecule has 3 nitrogen and oxygen atoms in total. The summed E-state index contributed by atoms with van der Waals surface area (Å²) in [5, 5.41) is 9.33. The topological polar surface area (TPSA) is 41.6 Å². The van der Waals surface area contributed by atoms with E-state index in [1.54, 1.807) is 37.0 Å². The Bertz CT molecular complexity index is 247. The molecule has 1 N–H and O–H groups in total. The van der Waals surface area contributed by atoms with Crippen LogP contribution in [0.4, 0.5) is 0 Å². The zero-order valence-electron chi connectivity index (χ0n) is 15.5. The molecule has 0 aliphatic heterocycles. The SMILES string of the molecule is CCCC[P+](CCCC)(CCCC)CCCC.c1cn[nH]n1. The van der Waals surface area contributed by atoms with Crippen LogP contribution in [-0.2, 0) is 0 Å². The third kappa shape index (κ3) is 11.2. The summed E-state index contributed by atoms with van der Waals surface area (Å²) in [5.74, 6) is 0. The molecule has 1 aromatic heterocycles. The molecule has 1 heterocycles. The highest BCUT2D eigenvalue weighted by Crippen LogP contribution is 2.61. The largest absolute Gasteiger partial charge is 0.198 e. The summed E-state index contributed by atoms with van der Waals surface area (Å²) < 4.78 is 0. The van der Waals surface area contributed by atoms with E-state index < -0.39 is 7.26 Å². The Morgan fingerprint density at radius 1 is 0.636 bits per heavy atom. The van der Waals surface area contributed by atoms with Crippen LogP contribution in [0.2, 0.25) is 0 Å². The van der Waals surface area contributed by atoms with Crippen LogP contribution in [-0.4, -0.2) is 40.1 Å². The van der Waals surface area contributed by atoms with Crippen molar-refractivity contribution >= 4 is 7.26 Å². The van der Waals surface area contributed by atoms with Gasteiger partial charge in [-0.05, 0) is 25.7 Å². The van der Waals surface area contributed by atoms with Crippen molar-refractivity contribution in [3.63, 3.8) is 0 Å². The Morgan fingerprint density at radius 2 is 0.955 bits per heavy atom. The van der Waals surface area contributed by atoms with Crippen LogP contribution in [0.15, 0.2) is 12.4 Å². The molecule has 0 fully saturated rings. The van der Waals surface area contributed by atoms with Crippen molar-refractivity contribution in [2.45, 2.75) is 79.1 Å². The summed E-state index contributed by atoms with van der Waals surface area (Å²) in [4.78, 5) is 0. The molecule has 4 heteroatoms. The number of nitrogens with one attached hydrogen (secondary N) is 1. The summed E-state index contributed by atoms with van der Waals surface area (Å²) in [7, 11) is -0.562. The Kier molecular flexibility index (Phi) is 15.2. The van der Waals surface area contributed by atoms with Gasteiger partial charge in [0.15, 0.2) is 0 Å². The smallest absolute Gasteiger partial charge is 0.0690 e. The zero-order chi connectivity index (χ0) is 16.5. The number of unbranched alkanes of at least 4 members (excludes halogenated alkanes) is 4. The van der Waals surface area contributed by atoms with E-state index in [-0.39, 0.29) is 0 Å². The molecule has 0 amide bonds. The number of aromatic nitrogens is 3. The molecule has 0 spiro atoms. The molecule has 1 aromatic rings. The van der Waals surface area contributed by atoms with Crippen molar-refractivity contribution in [3.8, 4) is 0 Å². The van der Waals surface area contributed by atoms with Gasteiger partial charge in [0, 0.05) is 7.26 Å². The number of hydrogen-bond donors (Lipinski definition) is 1. The quantitative estimate of drug-likeness (QED) is 0.477. The van der Waals surface area contributed by atoms with Crippen LogP contribution < -0.4 is 0 Å². The van der Waals surface area contributed by atoms with Crippen molar-refractivity contribution in [3.05, 3.63) is 12.4 Å². The second-order valence-electron chi connectivity index (χ2n) is 6.31. The van der Waals surface area contributed by atoms with Gasteiger partial charge in [0.25, 0.3) is 0 Å². The molecule has 22 heavy (non-hydrogen) atoms. The van der Waals surface area contributed by atoms with E-state index in [1.807, 2.05) is 0 Å². The normalized spacial score (nSPS) is 11.1. The van der Waals surface area contributed by atoms with Gasteiger partial charge in [-0.15, -0.1) is 0 Å². The number of H-pyrrole nitrogens is 1. The highest BCUT2D eigenvalue weighted by Gasteiger charge is 2.34. The molecule has 0 saturated carbocycles. The second kappa shape index (κ2) is 15.5. The average Bonchev–Trinajstić information content (AvgIpc) is 3.13. The van der Waals surface area contributed by atoms with Gasteiger partial charge in [0.05, 0.1) is 37.0 Å². The Labute approximate surface area is 139 Å². The lowest BCUT2D eigenvalue weighted by Crippen LogP contribution is -2.12. The monoisotopic (exact) mass is 328 g/mol. The molecular formula is C18H39N3P+. The molecule has 0 unspecified atom stereocenters. The zero-order valence-corrected chi connectivity index (χ0v) is 16.4. The summed E-state index contributed by atoms with van der Waals surface area (Å²) in [6.45, 7) is 9.42. The molecular weight excluding hydrogens is 289 g/mol. The molecule has 130 valence electrons. The fraction of sp³-hybridized carbons (Fsp3) is 0.889. The summed E-state index contributed by atoms with van der Waals surface area (Å²) >= 11 is 0. The summed E-state index contributed by atoms with van der Waals surface area (Å²) in [6, 6.07) is 0. The average molecular weight is 329 g/mol. The van der Waals surface area contributed by atoms with Crippen LogP contribution in [0.5, 0.6) is 0 Å². The van der Waals surface area contributed by atoms with Crippen molar-refractivity contribution in [2.75, 3.05) is 24.6 Å². The molecule has 0 aliphatic carbocycles. The maximum Gasteiger partial charge on any atom is 0.0690 e. The van der Waals surface area contributed by atoms with E-state index in [1.165, 1.54) is 51.4 Å². The highest BCUT2D eigenvalue weighted by atomic mass is 31.2. The molecule has 0 atom stereocenters. The van der Waals surface area contributed by atoms with Crippen molar-refractivity contribution in [1.29, 1.82) is 0 Å².